The number of nitrogens with zero attached hydrogens (tertiary/aromatic N) is 2. The lowest BCUT2D eigenvalue weighted by atomic mass is 9.95. The van der Waals surface area contributed by atoms with E-state index in [2.05, 4.69) is 15.8 Å². The van der Waals surface area contributed by atoms with Crippen LogP contribution >= 0.6 is 0 Å². The number of carbonyl (C=O) groups is 2. The monoisotopic (exact) mass is 590 g/mol. The van der Waals surface area contributed by atoms with E-state index >= 15 is 0 Å². The van der Waals surface area contributed by atoms with Crippen molar-refractivity contribution in [3.05, 3.63) is 89.0 Å². The molecule has 9 nitrogen and oxygen atoms in total. The van der Waals surface area contributed by atoms with Crippen molar-refractivity contribution in [2.45, 2.75) is 63.8 Å². The van der Waals surface area contributed by atoms with Crippen LogP contribution in [0.15, 0.2) is 76.7 Å². The topological polar surface area (TPSA) is 117 Å². The Balaban J connectivity index is 1.36. The molecule has 0 atom stereocenters. The van der Waals surface area contributed by atoms with E-state index < -0.39 is 22.5 Å². The molecule has 3 aromatic carbocycles. The number of nitrogens with one attached hydrogen (secondary N) is 2. The molecule has 0 radical (unpaired) electrons. The second-order valence-corrected chi connectivity index (χ2v) is 12.6. The SMILES string of the molecule is Cc1ccc(S(=O)(=O)N(CC(=O)N/N=C\c2ccc(OCC(=O)NC3CCCCC3)cc2)c2cc(C)cc(C)c2)cc1. The van der Waals surface area contributed by atoms with E-state index in [1.165, 1.54) is 24.8 Å². The van der Waals surface area contributed by atoms with Crippen molar-refractivity contribution in [1.82, 2.24) is 10.7 Å². The summed E-state index contributed by atoms with van der Waals surface area (Å²) in [6, 6.07) is 19.1. The molecule has 1 aliphatic rings. The van der Waals surface area contributed by atoms with Crippen molar-refractivity contribution in [1.29, 1.82) is 0 Å². The van der Waals surface area contributed by atoms with Crippen LogP contribution in [0.4, 0.5) is 5.69 Å². The number of carbonyl (C=O) groups excluding carboxylic acids is 2. The largest absolute Gasteiger partial charge is 0.484 e. The van der Waals surface area contributed by atoms with Gasteiger partial charge in [-0.1, -0.05) is 43.0 Å². The quantitative estimate of drug-likeness (QED) is 0.246. The second-order valence-electron chi connectivity index (χ2n) is 10.7. The number of amides is 2. The van der Waals surface area contributed by atoms with Gasteiger partial charge in [0.1, 0.15) is 12.3 Å². The number of aryl methyl sites for hydroxylation is 3. The number of ether oxygens (including phenoxy) is 1. The zero-order chi connectivity index (χ0) is 30.1. The van der Waals surface area contributed by atoms with Gasteiger partial charge in [0, 0.05) is 6.04 Å². The summed E-state index contributed by atoms with van der Waals surface area (Å²) >= 11 is 0. The summed E-state index contributed by atoms with van der Waals surface area (Å²) in [5.74, 6) is -0.181. The van der Waals surface area contributed by atoms with Gasteiger partial charge in [-0.3, -0.25) is 13.9 Å². The van der Waals surface area contributed by atoms with Crippen molar-refractivity contribution >= 4 is 33.7 Å². The van der Waals surface area contributed by atoms with E-state index in [0.29, 0.717) is 17.0 Å². The van der Waals surface area contributed by atoms with E-state index in [1.54, 1.807) is 48.5 Å². The highest BCUT2D eigenvalue weighted by Crippen LogP contribution is 2.26. The summed E-state index contributed by atoms with van der Waals surface area (Å²) < 4.78 is 33.9. The molecule has 4 rings (SSSR count). The number of benzene rings is 3. The van der Waals surface area contributed by atoms with Crippen LogP contribution < -0.4 is 19.8 Å². The number of hydrogen-bond acceptors (Lipinski definition) is 6. The van der Waals surface area contributed by atoms with Gasteiger partial charge in [-0.05, 0) is 98.8 Å². The van der Waals surface area contributed by atoms with Crippen molar-refractivity contribution in [3.8, 4) is 5.75 Å². The minimum atomic E-state index is -4.02. The molecule has 0 aliphatic heterocycles. The third kappa shape index (κ3) is 8.66. The van der Waals surface area contributed by atoms with E-state index in [9.17, 15) is 18.0 Å². The Kier molecular flexibility index (Phi) is 10.4. The number of rotatable bonds is 11. The molecule has 1 aliphatic carbocycles. The van der Waals surface area contributed by atoms with Crippen LogP contribution in [0.3, 0.4) is 0 Å². The molecule has 2 N–H and O–H groups in total. The van der Waals surface area contributed by atoms with Gasteiger partial charge in [0.25, 0.3) is 21.8 Å². The third-order valence-corrected chi connectivity index (χ3v) is 8.80. The second kappa shape index (κ2) is 14.1. The standard InChI is InChI=1S/C32H38N4O5S/c1-23-9-15-30(16-10-23)42(39,40)36(28-18-24(2)17-25(3)19-28)21-31(37)35-33-20-26-11-13-29(14-12-26)41-22-32(38)34-27-7-5-4-6-8-27/h9-20,27H,4-8,21-22H2,1-3H3,(H,34,38)(H,35,37)/b33-20-. The van der Waals surface area contributed by atoms with Gasteiger partial charge in [0.15, 0.2) is 6.61 Å². The number of sulfonamides is 1. The van der Waals surface area contributed by atoms with Crippen LogP contribution in [0.2, 0.25) is 0 Å². The average Bonchev–Trinajstić information content (AvgIpc) is 2.95. The highest BCUT2D eigenvalue weighted by Gasteiger charge is 2.27. The van der Waals surface area contributed by atoms with Crippen LogP contribution in [0.25, 0.3) is 0 Å². The van der Waals surface area contributed by atoms with E-state index in [-0.39, 0.29) is 23.5 Å². The Morgan fingerprint density at radius 1 is 0.881 bits per heavy atom. The molecule has 0 saturated heterocycles. The Morgan fingerprint density at radius 2 is 1.52 bits per heavy atom. The zero-order valence-corrected chi connectivity index (χ0v) is 25.1. The Morgan fingerprint density at radius 3 is 2.17 bits per heavy atom. The minimum absolute atomic E-state index is 0.0531. The Bertz CT molecular complexity index is 1490. The molecule has 0 bridgehead atoms. The fraction of sp³-hybridized carbons (Fsp3) is 0.344. The molecule has 1 saturated carbocycles. The van der Waals surface area contributed by atoms with Gasteiger partial charge in [-0.25, -0.2) is 13.8 Å². The van der Waals surface area contributed by atoms with Gasteiger partial charge in [0.05, 0.1) is 16.8 Å². The van der Waals surface area contributed by atoms with Crippen molar-refractivity contribution in [2.75, 3.05) is 17.5 Å². The third-order valence-electron chi connectivity index (χ3n) is 7.01. The number of anilines is 1. The van der Waals surface area contributed by atoms with Gasteiger partial charge >= 0.3 is 0 Å². The maximum Gasteiger partial charge on any atom is 0.264 e. The summed E-state index contributed by atoms with van der Waals surface area (Å²) in [4.78, 5) is 25.1. The first-order valence-electron chi connectivity index (χ1n) is 14.1. The molecule has 0 aromatic heterocycles. The summed E-state index contributed by atoms with van der Waals surface area (Å²) in [5, 5.41) is 7.03. The first-order valence-corrected chi connectivity index (χ1v) is 15.6. The first-order chi connectivity index (χ1) is 20.1. The van der Waals surface area contributed by atoms with Crippen molar-refractivity contribution < 1.29 is 22.7 Å². The lowest BCUT2D eigenvalue weighted by Gasteiger charge is -2.24. The van der Waals surface area contributed by atoms with E-state index in [4.69, 9.17) is 4.74 Å². The normalized spacial score (nSPS) is 14.0. The number of hydrogen-bond donors (Lipinski definition) is 2. The summed E-state index contributed by atoms with van der Waals surface area (Å²) in [5.41, 5.74) is 6.20. The summed E-state index contributed by atoms with van der Waals surface area (Å²) in [7, 11) is -4.02. The molecule has 0 heterocycles. The lowest BCUT2D eigenvalue weighted by Crippen LogP contribution is -2.39. The molecule has 2 amide bonds. The molecule has 1 fully saturated rings. The first kappa shape index (κ1) is 30.8. The molecule has 0 unspecified atom stereocenters. The smallest absolute Gasteiger partial charge is 0.264 e. The van der Waals surface area contributed by atoms with E-state index in [1.807, 2.05) is 26.8 Å². The molecule has 3 aromatic rings. The molecule has 42 heavy (non-hydrogen) atoms. The molecule has 10 heteroatoms. The number of hydrazone groups is 1. The molecular formula is C32H38N4O5S. The van der Waals surface area contributed by atoms with Gasteiger partial charge < -0.3 is 10.1 Å². The highest BCUT2D eigenvalue weighted by molar-refractivity contribution is 7.92. The van der Waals surface area contributed by atoms with Gasteiger partial charge in [0.2, 0.25) is 0 Å². The van der Waals surface area contributed by atoms with Crippen LogP contribution in [0, 0.1) is 20.8 Å². The Hall–Kier alpha value is -4.18. The molecule has 0 spiro atoms. The van der Waals surface area contributed by atoms with Gasteiger partial charge in [-0.2, -0.15) is 5.10 Å². The average molecular weight is 591 g/mol. The molecule has 222 valence electrons. The summed E-state index contributed by atoms with van der Waals surface area (Å²) in [6.45, 7) is 5.12. The van der Waals surface area contributed by atoms with Crippen molar-refractivity contribution in [3.63, 3.8) is 0 Å². The highest BCUT2D eigenvalue weighted by atomic mass is 32.2. The predicted molar refractivity (Wildman–Crippen MR) is 164 cm³/mol. The zero-order valence-electron chi connectivity index (χ0n) is 24.3. The van der Waals surface area contributed by atoms with Crippen molar-refractivity contribution in [2.24, 2.45) is 5.10 Å². The van der Waals surface area contributed by atoms with Crippen LogP contribution in [0.1, 0.15) is 54.4 Å². The molecular weight excluding hydrogens is 552 g/mol. The maximum absolute atomic E-state index is 13.6. The summed E-state index contributed by atoms with van der Waals surface area (Å²) in [6.07, 6.45) is 7.00. The van der Waals surface area contributed by atoms with E-state index in [0.717, 1.165) is 46.7 Å². The minimum Gasteiger partial charge on any atom is -0.484 e. The van der Waals surface area contributed by atoms with Gasteiger partial charge in [-0.15, -0.1) is 0 Å². The fourth-order valence-corrected chi connectivity index (χ4v) is 6.31. The lowest BCUT2D eigenvalue weighted by molar-refractivity contribution is -0.124. The van der Waals surface area contributed by atoms with Crippen LogP contribution in [0.5, 0.6) is 5.75 Å². The van der Waals surface area contributed by atoms with Crippen LogP contribution in [-0.2, 0) is 19.6 Å². The fourth-order valence-electron chi connectivity index (χ4n) is 4.91. The van der Waals surface area contributed by atoms with Crippen LogP contribution in [-0.4, -0.2) is 45.6 Å². The maximum atomic E-state index is 13.6. The Labute approximate surface area is 248 Å². The predicted octanol–water partition coefficient (Wildman–Crippen LogP) is 4.79.